The molecule has 29 heavy (non-hydrogen) atoms. The lowest BCUT2D eigenvalue weighted by Gasteiger charge is -2.61. The smallest absolute Gasteiger partial charge is 0.226 e. The first-order chi connectivity index (χ1) is 13.8. The summed E-state index contributed by atoms with van der Waals surface area (Å²) in [5, 5.41) is 9.37. The van der Waals surface area contributed by atoms with Crippen LogP contribution in [-0.4, -0.2) is 59.5 Å². The molecule has 7 atom stereocenters. The van der Waals surface area contributed by atoms with E-state index in [0.717, 1.165) is 25.7 Å². The fraction of sp³-hybridized carbons (Fsp3) is 0.917. The van der Waals surface area contributed by atoms with E-state index < -0.39 is 0 Å². The van der Waals surface area contributed by atoms with Gasteiger partial charge in [0.25, 0.3) is 0 Å². The summed E-state index contributed by atoms with van der Waals surface area (Å²) in [6.45, 7) is 8.05. The molecule has 0 spiro atoms. The minimum absolute atomic E-state index is 0.0448. The molecule has 1 aliphatic heterocycles. The molecular weight excluding hydrogens is 364 g/mol. The van der Waals surface area contributed by atoms with Crippen LogP contribution in [0.4, 0.5) is 0 Å². The van der Waals surface area contributed by atoms with Gasteiger partial charge in [-0.3, -0.25) is 9.59 Å². The van der Waals surface area contributed by atoms with Gasteiger partial charge in [0.2, 0.25) is 11.8 Å². The van der Waals surface area contributed by atoms with Crippen molar-refractivity contribution in [1.29, 1.82) is 0 Å². The molecule has 5 heteroatoms. The number of carbonyl (C=O) groups is 2. The standard InChI is InChI=1S/C24H40N2O3/c1-5-26(14-15-27)22(29)19-8-7-17-16-6-9-20-24(3,13-11-21(28)25(20)4)18(16)10-12-23(17,19)2/h16-20,27H,5-15H2,1-4H3/t16-,17-,18-,19+,20+,23-,24+/m0/s1. The monoisotopic (exact) mass is 404 g/mol. The lowest BCUT2D eigenvalue weighted by Crippen LogP contribution is -2.61. The molecule has 0 aromatic carbocycles. The summed E-state index contributed by atoms with van der Waals surface area (Å²) in [7, 11) is 2.02. The van der Waals surface area contributed by atoms with Gasteiger partial charge in [0.05, 0.1) is 6.61 Å². The molecule has 4 aliphatic rings. The Labute approximate surface area is 176 Å². The number of fused-ring (bicyclic) bond motifs is 5. The van der Waals surface area contributed by atoms with Crippen LogP contribution in [0.2, 0.25) is 0 Å². The summed E-state index contributed by atoms with van der Waals surface area (Å²) in [4.78, 5) is 29.6. The van der Waals surface area contributed by atoms with Crippen molar-refractivity contribution in [2.24, 2.45) is 34.5 Å². The Balaban J connectivity index is 1.57. The zero-order chi connectivity index (χ0) is 21.0. The molecule has 1 N–H and O–H groups in total. The lowest BCUT2D eigenvalue weighted by atomic mass is 9.47. The fourth-order valence-corrected chi connectivity index (χ4v) is 8.32. The van der Waals surface area contributed by atoms with Crippen molar-refractivity contribution < 1.29 is 14.7 Å². The summed E-state index contributed by atoms with van der Waals surface area (Å²) >= 11 is 0. The topological polar surface area (TPSA) is 60.9 Å². The van der Waals surface area contributed by atoms with Crippen molar-refractivity contribution in [1.82, 2.24) is 9.80 Å². The van der Waals surface area contributed by atoms with Gasteiger partial charge in [-0.1, -0.05) is 13.8 Å². The van der Waals surface area contributed by atoms with Gasteiger partial charge in [-0.2, -0.15) is 0 Å². The van der Waals surface area contributed by atoms with Crippen molar-refractivity contribution in [3.8, 4) is 0 Å². The van der Waals surface area contributed by atoms with Crippen molar-refractivity contribution in [2.45, 2.75) is 78.2 Å². The van der Waals surface area contributed by atoms with Crippen LogP contribution in [0.3, 0.4) is 0 Å². The number of carbonyl (C=O) groups excluding carboxylic acids is 2. The van der Waals surface area contributed by atoms with Gasteiger partial charge in [-0.25, -0.2) is 0 Å². The summed E-state index contributed by atoms with van der Waals surface area (Å²) in [6, 6.07) is 0.397. The fourth-order valence-electron chi connectivity index (χ4n) is 8.32. The number of hydrogen-bond acceptors (Lipinski definition) is 3. The number of aliphatic hydroxyl groups excluding tert-OH is 1. The number of likely N-dealkylation sites (tertiary alicyclic amines) is 1. The SMILES string of the molecule is CCN(CCO)C(=O)[C@H]1CC[C@H]2[C@@H]3CC[C@H]4N(C)C(=O)CC[C@]4(C)[C@H]3CC[C@]12C. The third-order valence-corrected chi connectivity index (χ3v) is 9.92. The quantitative estimate of drug-likeness (QED) is 0.782. The van der Waals surface area contributed by atoms with Gasteiger partial charge in [-0.15, -0.1) is 0 Å². The minimum atomic E-state index is 0.0448. The Morgan fingerprint density at radius 2 is 1.83 bits per heavy atom. The Morgan fingerprint density at radius 3 is 2.52 bits per heavy atom. The Kier molecular flexibility index (Phi) is 5.50. The summed E-state index contributed by atoms with van der Waals surface area (Å²) in [6.07, 6.45) is 8.56. The zero-order valence-corrected chi connectivity index (χ0v) is 18.8. The number of nitrogens with zero attached hydrogens (tertiary/aromatic N) is 2. The maximum Gasteiger partial charge on any atom is 0.226 e. The molecule has 164 valence electrons. The van der Waals surface area contributed by atoms with Gasteiger partial charge >= 0.3 is 0 Å². The minimum Gasteiger partial charge on any atom is -0.395 e. The molecule has 3 aliphatic carbocycles. The van der Waals surface area contributed by atoms with E-state index in [9.17, 15) is 14.7 Å². The van der Waals surface area contributed by atoms with Crippen LogP contribution < -0.4 is 0 Å². The zero-order valence-electron chi connectivity index (χ0n) is 18.8. The largest absolute Gasteiger partial charge is 0.395 e. The van der Waals surface area contributed by atoms with E-state index in [4.69, 9.17) is 0 Å². The second-order valence-electron chi connectivity index (χ2n) is 10.8. The van der Waals surface area contributed by atoms with E-state index in [0.29, 0.717) is 49.2 Å². The molecule has 1 saturated heterocycles. The van der Waals surface area contributed by atoms with E-state index in [1.54, 1.807) is 0 Å². The van der Waals surface area contributed by atoms with Gasteiger partial charge < -0.3 is 14.9 Å². The highest BCUT2D eigenvalue weighted by molar-refractivity contribution is 5.80. The van der Waals surface area contributed by atoms with Crippen LogP contribution in [0.1, 0.15) is 72.1 Å². The average molecular weight is 405 g/mol. The number of amides is 2. The third kappa shape index (κ3) is 3.05. The Bertz CT molecular complexity index is 667. The number of piperidine rings is 1. The first kappa shape index (κ1) is 21.1. The van der Waals surface area contributed by atoms with E-state index in [1.807, 2.05) is 18.9 Å². The molecule has 2 amide bonds. The first-order valence-corrected chi connectivity index (χ1v) is 11.9. The highest BCUT2D eigenvalue weighted by Crippen LogP contribution is 2.66. The van der Waals surface area contributed by atoms with Crippen molar-refractivity contribution in [3.63, 3.8) is 0 Å². The van der Waals surface area contributed by atoms with Crippen molar-refractivity contribution in [2.75, 3.05) is 26.7 Å². The maximum absolute atomic E-state index is 13.3. The van der Waals surface area contributed by atoms with Crippen LogP contribution >= 0.6 is 0 Å². The molecule has 4 fully saturated rings. The second kappa shape index (κ2) is 7.55. The first-order valence-electron chi connectivity index (χ1n) is 11.9. The van der Waals surface area contributed by atoms with Gasteiger partial charge in [0.1, 0.15) is 0 Å². The van der Waals surface area contributed by atoms with Crippen LogP contribution in [0.25, 0.3) is 0 Å². The second-order valence-corrected chi connectivity index (χ2v) is 10.8. The molecule has 3 saturated carbocycles. The molecule has 1 heterocycles. The molecule has 0 unspecified atom stereocenters. The van der Waals surface area contributed by atoms with Gasteiger partial charge in [-0.05, 0) is 80.5 Å². The van der Waals surface area contributed by atoms with Crippen LogP contribution in [0, 0.1) is 34.5 Å². The molecule has 5 nitrogen and oxygen atoms in total. The van der Waals surface area contributed by atoms with Gasteiger partial charge in [0.15, 0.2) is 0 Å². The lowest BCUT2D eigenvalue weighted by molar-refractivity contribution is -0.161. The summed E-state index contributed by atoms with van der Waals surface area (Å²) in [5.74, 6) is 2.71. The van der Waals surface area contributed by atoms with E-state index in [1.165, 1.54) is 19.3 Å². The van der Waals surface area contributed by atoms with Crippen molar-refractivity contribution >= 4 is 11.8 Å². The van der Waals surface area contributed by atoms with Crippen LogP contribution in [0.5, 0.6) is 0 Å². The predicted octanol–water partition coefficient (Wildman–Crippen LogP) is 3.31. The summed E-state index contributed by atoms with van der Waals surface area (Å²) < 4.78 is 0. The Morgan fingerprint density at radius 1 is 1.10 bits per heavy atom. The maximum atomic E-state index is 13.3. The molecular formula is C24H40N2O3. The molecule has 4 rings (SSSR count). The number of aliphatic hydroxyl groups is 1. The third-order valence-electron chi connectivity index (χ3n) is 9.92. The molecule has 0 aromatic rings. The van der Waals surface area contributed by atoms with Gasteiger partial charge in [0, 0.05) is 38.5 Å². The number of hydrogen-bond donors (Lipinski definition) is 1. The number of rotatable bonds is 4. The van der Waals surface area contributed by atoms with Crippen LogP contribution in [0.15, 0.2) is 0 Å². The van der Waals surface area contributed by atoms with E-state index in [-0.39, 0.29) is 29.3 Å². The molecule has 0 radical (unpaired) electrons. The normalized spacial score (nSPS) is 44.1. The molecule has 0 aromatic heterocycles. The Hall–Kier alpha value is -1.10. The average Bonchev–Trinajstić information content (AvgIpc) is 3.06. The highest BCUT2D eigenvalue weighted by Gasteiger charge is 2.62. The number of likely N-dealkylation sites (N-methyl/N-ethyl adjacent to an activating group) is 1. The predicted molar refractivity (Wildman–Crippen MR) is 113 cm³/mol. The van der Waals surface area contributed by atoms with Crippen molar-refractivity contribution in [3.05, 3.63) is 0 Å². The summed E-state index contributed by atoms with van der Waals surface area (Å²) in [5.41, 5.74) is 0.335. The van der Waals surface area contributed by atoms with Crippen LogP contribution in [-0.2, 0) is 9.59 Å². The van der Waals surface area contributed by atoms with E-state index >= 15 is 0 Å². The molecule has 0 bridgehead atoms. The van der Waals surface area contributed by atoms with E-state index in [2.05, 4.69) is 18.7 Å². The highest BCUT2D eigenvalue weighted by atomic mass is 16.3.